The number of aromatic amines is 3. The molecule has 4 nitrogen and oxygen atoms in total. The molecule has 0 saturated carbocycles. The Balaban J connectivity index is 2.71. The molecule has 0 unspecified atom stereocenters. The lowest BCUT2D eigenvalue weighted by molar-refractivity contribution is 1.12. The third-order valence-corrected chi connectivity index (χ3v) is 2.29. The Morgan fingerprint density at radius 3 is 3.00 bits per heavy atom. The van der Waals surface area contributed by atoms with Gasteiger partial charge in [-0.3, -0.25) is 0 Å². The first kappa shape index (κ1) is 6.85. The molecule has 0 aliphatic heterocycles. The number of benzene rings is 1. The van der Waals surface area contributed by atoms with Crippen LogP contribution in [0.25, 0.3) is 21.9 Å². The van der Waals surface area contributed by atoms with Gasteiger partial charge in [0.15, 0.2) is 4.77 Å². The fraction of sp³-hybridized carbons (Fsp3) is 0. The molecule has 0 saturated heterocycles. The maximum atomic E-state index is 4.96. The Morgan fingerprint density at radius 1 is 1.23 bits per heavy atom. The van der Waals surface area contributed by atoms with E-state index in [0.717, 1.165) is 21.9 Å². The molecule has 2 heterocycles. The lowest BCUT2D eigenvalue weighted by atomic mass is 10.2. The number of nitrogens with one attached hydrogen (secondary N) is 3. The zero-order valence-electron chi connectivity index (χ0n) is 6.59. The quantitative estimate of drug-likeness (QED) is 0.475. The van der Waals surface area contributed by atoms with Gasteiger partial charge < -0.3 is 15.2 Å². The average Bonchev–Trinajstić information content (AvgIpc) is 2.65. The van der Waals surface area contributed by atoms with Crippen LogP contribution < -0.4 is 0 Å². The Labute approximate surface area is 78.0 Å². The maximum absolute atomic E-state index is 4.96. The summed E-state index contributed by atoms with van der Waals surface area (Å²) >= 11 is 4.96. The Bertz CT molecular complexity index is 630. The molecule has 0 radical (unpaired) electrons. The Morgan fingerprint density at radius 2 is 2.08 bits per heavy atom. The number of aromatic nitrogens is 4. The van der Waals surface area contributed by atoms with Gasteiger partial charge in [-0.25, -0.2) is 4.98 Å². The van der Waals surface area contributed by atoms with Gasteiger partial charge in [-0.2, -0.15) is 0 Å². The SMILES string of the molecule is S=c1nc2c(ccc3[nH][nH]cc32)[nH]1. The van der Waals surface area contributed by atoms with Crippen LogP contribution in [0, 0.1) is 4.77 Å². The van der Waals surface area contributed by atoms with Gasteiger partial charge >= 0.3 is 0 Å². The van der Waals surface area contributed by atoms with E-state index in [1.807, 2.05) is 18.3 Å². The van der Waals surface area contributed by atoms with E-state index in [9.17, 15) is 0 Å². The van der Waals surface area contributed by atoms with Crippen molar-refractivity contribution < 1.29 is 0 Å². The molecule has 0 fully saturated rings. The highest BCUT2D eigenvalue weighted by atomic mass is 32.1. The average molecular weight is 190 g/mol. The van der Waals surface area contributed by atoms with Crippen molar-refractivity contribution in [1.29, 1.82) is 0 Å². The van der Waals surface area contributed by atoms with E-state index in [1.165, 1.54) is 0 Å². The largest absolute Gasteiger partial charge is 0.329 e. The van der Waals surface area contributed by atoms with Gasteiger partial charge in [0.25, 0.3) is 0 Å². The van der Waals surface area contributed by atoms with Crippen molar-refractivity contribution in [3.05, 3.63) is 23.1 Å². The zero-order valence-corrected chi connectivity index (χ0v) is 7.40. The van der Waals surface area contributed by atoms with Crippen LogP contribution in [-0.2, 0) is 0 Å². The number of hydrogen-bond donors (Lipinski definition) is 3. The van der Waals surface area contributed by atoms with Crippen LogP contribution in [0.4, 0.5) is 0 Å². The fourth-order valence-electron chi connectivity index (χ4n) is 1.52. The highest BCUT2D eigenvalue weighted by Gasteiger charge is 2.03. The highest BCUT2D eigenvalue weighted by Crippen LogP contribution is 2.20. The summed E-state index contributed by atoms with van der Waals surface area (Å²) in [6.07, 6.45) is 1.88. The molecule has 3 rings (SSSR count). The Kier molecular flexibility index (Phi) is 1.16. The van der Waals surface area contributed by atoms with Gasteiger partial charge in [-0.1, -0.05) is 0 Å². The third-order valence-electron chi connectivity index (χ3n) is 2.10. The van der Waals surface area contributed by atoms with Gasteiger partial charge in [0.2, 0.25) is 0 Å². The van der Waals surface area contributed by atoms with E-state index in [0.29, 0.717) is 4.77 Å². The topological polar surface area (TPSA) is 60.3 Å². The zero-order chi connectivity index (χ0) is 8.84. The molecular weight excluding hydrogens is 184 g/mol. The number of rotatable bonds is 0. The minimum atomic E-state index is 0.531. The van der Waals surface area contributed by atoms with Crippen LogP contribution >= 0.6 is 12.2 Å². The molecule has 64 valence electrons. The lowest BCUT2D eigenvalue weighted by Crippen LogP contribution is -1.71. The summed E-state index contributed by atoms with van der Waals surface area (Å²) in [6, 6.07) is 3.95. The second kappa shape index (κ2) is 2.20. The predicted molar refractivity (Wildman–Crippen MR) is 53.1 cm³/mol. The monoisotopic (exact) mass is 190 g/mol. The first-order valence-corrected chi connectivity index (χ1v) is 4.30. The van der Waals surface area contributed by atoms with Gasteiger partial charge in [-0.15, -0.1) is 0 Å². The van der Waals surface area contributed by atoms with Crippen molar-refractivity contribution in [2.75, 3.05) is 0 Å². The minimum absolute atomic E-state index is 0.531. The van der Waals surface area contributed by atoms with E-state index in [4.69, 9.17) is 12.2 Å². The molecular formula is C8H6N4S. The second-order valence-corrected chi connectivity index (χ2v) is 3.27. The van der Waals surface area contributed by atoms with Crippen LogP contribution in [0.3, 0.4) is 0 Å². The highest BCUT2D eigenvalue weighted by molar-refractivity contribution is 7.71. The summed E-state index contributed by atoms with van der Waals surface area (Å²) in [6.45, 7) is 0. The van der Waals surface area contributed by atoms with Gasteiger partial charge in [0.05, 0.1) is 11.0 Å². The molecule has 0 amide bonds. The van der Waals surface area contributed by atoms with E-state index in [-0.39, 0.29) is 0 Å². The van der Waals surface area contributed by atoms with Crippen molar-refractivity contribution in [3.63, 3.8) is 0 Å². The van der Waals surface area contributed by atoms with Crippen LogP contribution in [-0.4, -0.2) is 20.2 Å². The van der Waals surface area contributed by atoms with Crippen molar-refractivity contribution in [3.8, 4) is 0 Å². The second-order valence-electron chi connectivity index (χ2n) is 2.88. The Hall–Kier alpha value is -1.62. The molecule has 0 bridgehead atoms. The molecule has 0 atom stereocenters. The fourth-order valence-corrected chi connectivity index (χ4v) is 1.72. The molecule has 0 aliphatic rings. The number of fused-ring (bicyclic) bond motifs is 3. The maximum Gasteiger partial charge on any atom is 0.197 e. The standard InChI is InChI=1S/C8H6N4S/c13-8-10-6-2-1-5-4(3-9-12-5)7(6)11-8/h1-3,9,12H,(H,10,13). The predicted octanol–water partition coefficient (Wildman–Crippen LogP) is 2.10. The molecule has 2 aromatic heterocycles. The number of hydrogen-bond acceptors (Lipinski definition) is 2. The van der Waals surface area contributed by atoms with Gasteiger partial charge in [0, 0.05) is 11.6 Å². The third kappa shape index (κ3) is 0.844. The smallest absolute Gasteiger partial charge is 0.197 e. The molecule has 0 spiro atoms. The normalized spacial score (nSPS) is 11.4. The molecule has 0 aliphatic carbocycles. The van der Waals surface area contributed by atoms with Crippen molar-refractivity contribution in [2.24, 2.45) is 0 Å². The number of imidazole rings is 1. The minimum Gasteiger partial charge on any atom is -0.329 e. The first-order chi connectivity index (χ1) is 6.34. The first-order valence-electron chi connectivity index (χ1n) is 3.89. The summed E-state index contributed by atoms with van der Waals surface area (Å²) in [5.74, 6) is 0. The molecule has 3 aromatic rings. The van der Waals surface area contributed by atoms with Crippen LogP contribution in [0.2, 0.25) is 0 Å². The molecule has 1 aromatic carbocycles. The van der Waals surface area contributed by atoms with Crippen LogP contribution in [0.1, 0.15) is 0 Å². The summed E-state index contributed by atoms with van der Waals surface area (Å²) in [5.41, 5.74) is 2.93. The van der Waals surface area contributed by atoms with E-state index in [1.54, 1.807) is 0 Å². The lowest BCUT2D eigenvalue weighted by Gasteiger charge is -1.88. The summed E-state index contributed by atoms with van der Waals surface area (Å²) in [7, 11) is 0. The number of H-pyrrole nitrogens is 3. The van der Waals surface area contributed by atoms with Gasteiger partial charge in [0.1, 0.15) is 5.52 Å². The molecule has 5 heteroatoms. The summed E-state index contributed by atoms with van der Waals surface area (Å²) in [4.78, 5) is 7.25. The van der Waals surface area contributed by atoms with E-state index in [2.05, 4.69) is 20.2 Å². The van der Waals surface area contributed by atoms with Crippen LogP contribution in [0.15, 0.2) is 18.3 Å². The summed E-state index contributed by atoms with van der Waals surface area (Å²) in [5, 5.41) is 6.99. The van der Waals surface area contributed by atoms with E-state index >= 15 is 0 Å². The van der Waals surface area contributed by atoms with E-state index < -0.39 is 0 Å². The van der Waals surface area contributed by atoms with Crippen molar-refractivity contribution >= 4 is 34.2 Å². The van der Waals surface area contributed by atoms with Crippen molar-refractivity contribution in [2.45, 2.75) is 0 Å². The summed E-state index contributed by atoms with van der Waals surface area (Å²) < 4.78 is 0.531. The van der Waals surface area contributed by atoms with Crippen LogP contribution in [0.5, 0.6) is 0 Å². The van der Waals surface area contributed by atoms with Gasteiger partial charge in [-0.05, 0) is 24.4 Å². The molecule has 13 heavy (non-hydrogen) atoms. The van der Waals surface area contributed by atoms with Crippen molar-refractivity contribution in [1.82, 2.24) is 20.2 Å². The molecule has 3 N–H and O–H groups in total. The number of nitrogens with zero attached hydrogens (tertiary/aromatic N) is 1.